The molecular weight excluding hydrogens is 194 g/mol. The number of carbonyl (C=O) groups excluding carboxylic acids is 1. The SMILES string of the molecule is CNC(=O)CCNc1cccc(NN)n1. The highest BCUT2D eigenvalue weighted by Gasteiger charge is 1.98. The molecule has 1 heterocycles. The van der Waals surface area contributed by atoms with E-state index in [0.29, 0.717) is 24.6 Å². The molecule has 0 aliphatic rings. The Morgan fingerprint density at radius 1 is 1.47 bits per heavy atom. The average molecular weight is 209 g/mol. The molecule has 15 heavy (non-hydrogen) atoms. The molecule has 0 aliphatic heterocycles. The number of nitrogens with two attached hydrogens (primary N) is 1. The number of anilines is 2. The quantitative estimate of drug-likeness (QED) is 0.402. The minimum Gasteiger partial charge on any atom is -0.369 e. The van der Waals surface area contributed by atoms with E-state index in [2.05, 4.69) is 21.0 Å². The zero-order valence-electron chi connectivity index (χ0n) is 8.58. The summed E-state index contributed by atoms with van der Waals surface area (Å²) in [4.78, 5) is 15.1. The van der Waals surface area contributed by atoms with Crippen molar-refractivity contribution in [1.82, 2.24) is 10.3 Å². The molecule has 1 amide bonds. The van der Waals surface area contributed by atoms with Crippen LogP contribution < -0.4 is 21.9 Å². The van der Waals surface area contributed by atoms with Gasteiger partial charge in [-0.25, -0.2) is 10.8 Å². The summed E-state index contributed by atoms with van der Waals surface area (Å²) in [6.45, 7) is 0.542. The lowest BCUT2D eigenvalue weighted by molar-refractivity contribution is -0.120. The summed E-state index contributed by atoms with van der Waals surface area (Å²) < 4.78 is 0. The van der Waals surface area contributed by atoms with Crippen LogP contribution in [0, 0.1) is 0 Å². The summed E-state index contributed by atoms with van der Waals surface area (Å²) >= 11 is 0. The van der Waals surface area contributed by atoms with Crippen molar-refractivity contribution in [3.63, 3.8) is 0 Å². The minimum absolute atomic E-state index is 0.00407. The van der Waals surface area contributed by atoms with Gasteiger partial charge in [0.2, 0.25) is 5.91 Å². The van der Waals surface area contributed by atoms with E-state index in [1.165, 1.54) is 0 Å². The Hall–Kier alpha value is -1.82. The third-order valence-electron chi connectivity index (χ3n) is 1.83. The molecule has 0 bridgehead atoms. The molecule has 82 valence electrons. The molecule has 0 spiro atoms. The first-order chi connectivity index (χ1) is 7.26. The number of amides is 1. The van der Waals surface area contributed by atoms with Gasteiger partial charge in [-0.2, -0.15) is 0 Å². The molecule has 0 atom stereocenters. The zero-order valence-corrected chi connectivity index (χ0v) is 8.58. The Kier molecular flexibility index (Phi) is 4.36. The van der Waals surface area contributed by atoms with Crippen molar-refractivity contribution >= 4 is 17.5 Å². The summed E-state index contributed by atoms with van der Waals surface area (Å²) in [6.07, 6.45) is 0.415. The highest BCUT2D eigenvalue weighted by atomic mass is 16.1. The molecule has 0 saturated heterocycles. The second kappa shape index (κ2) is 5.82. The molecule has 1 rings (SSSR count). The van der Waals surface area contributed by atoms with E-state index in [0.717, 1.165) is 0 Å². The number of hydrogen-bond acceptors (Lipinski definition) is 5. The lowest BCUT2D eigenvalue weighted by atomic mass is 10.4. The highest BCUT2D eigenvalue weighted by molar-refractivity contribution is 5.76. The second-order valence-corrected chi connectivity index (χ2v) is 2.90. The summed E-state index contributed by atoms with van der Waals surface area (Å²) in [5, 5.41) is 5.56. The Balaban J connectivity index is 2.40. The van der Waals surface area contributed by atoms with Crippen molar-refractivity contribution in [3.05, 3.63) is 18.2 Å². The van der Waals surface area contributed by atoms with Crippen LogP contribution in [-0.2, 0) is 4.79 Å². The van der Waals surface area contributed by atoms with Crippen molar-refractivity contribution in [2.75, 3.05) is 24.3 Å². The predicted molar refractivity (Wildman–Crippen MR) is 59.2 cm³/mol. The van der Waals surface area contributed by atoms with E-state index in [4.69, 9.17) is 5.84 Å². The van der Waals surface area contributed by atoms with Crippen LogP contribution in [0.3, 0.4) is 0 Å². The van der Waals surface area contributed by atoms with Crippen molar-refractivity contribution in [3.8, 4) is 0 Å². The van der Waals surface area contributed by atoms with Gasteiger partial charge in [-0.3, -0.25) is 4.79 Å². The van der Waals surface area contributed by atoms with E-state index in [9.17, 15) is 4.79 Å². The highest BCUT2D eigenvalue weighted by Crippen LogP contribution is 2.07. The van der Waals surface area contributed by atoms with Gasteiger partial charge in [0.05, 0.1) is 0 Å². The number of nitrogens with one attached hydrogen (secondary N) is 3. The van der Waals surface area contributed by atoms with E-state index < -0.39 is 0 Å². The number of aromatic nitrogens is 1. The molecule has 0 aliphatic carbocycles. The van der Waals surface area contributed by atoms with E-state index in [1.54, 1.807) is 13.1 Å². The van der Waals surface area contributed by atoms with Crippen LogP contribution in [0.4, 0.5) is 11.6 Å². The summed E-state index contributed by atoms with van der Waals surface area (Å²) in [6, 6.07) is 5.39. The molecule has 1 aromatic rings. The maximum atomic E-state index is 10.9. The van der Waals surface area contributed by atoms with Crippen molar-refractivity contribution in [2.24, 2.45) is 5.84 Å². The van der Waals surface area contributed by atoms with Gasteiger partial charge in [-0.15, -0.1) is 0 Å². The first kappa shape index (κ1) is 11.3. The molecule has 0 radical (unpaired) electrons. The Morgan fingerprint density at radius 3 is 2.87 bits per heavy atom. The Morgan fingerprint density at radius 2 is 2.20 bits per heavy atom. The first-order valence-electron chi connectivity index (χ1n) is 4.64. The molecule has 0 saturated carbocycles. The third kappa shape index (κ3) is 3.82. The molecule has 5 N–H and O–H groups in total. The molecule has 6 heteroatoms. The lowest BCUT2D eigenvalue weighted by Gasteiger charge is -2.06. The fourth-order valence-corrected chi connectivity index (χ4v) is 1.04. The van der Waals surface area contributed by atoms with Crippen LogP contribution in [0.2, 0.25) is 0 Å². The lowest BCUT2D eigenvalue weighted by Crippen LogP contribution is -2.21. The second-order valence-electron chi connectivity index (χ2n) is 2.90. The standard InChI is InChI=1S/C9H15N5O/c1-11-9(15)5-6-12-7-3-2-4-8(13-7)14-10/h2-4H,5-6,10H2,1H3,(H,11,15)(H2,12,13,14). The maximum absolute atomic E-state index is 10.9. The van der Waals surface area contributed by atoms with Crippen LogP contribution in [-0.4, -0.2) is 24.5 Å². The molecule has 1 aromatic heterocycles. The van der Waals surface area contributed by atoms with Crippen LogP contribution in [0.15, 0.2) is 18.2 Å². The van der Waals surface area contributed by atoms with Crippen LogP contribution >= 0.6 is 0 Å². The van der Waals surface area contributed by atoms with Crippen LogP contribution in [0.5, 0.6) is 0 Å². The van der Waals surface area contributed by atoms with E-state index in [1.807, 2.05) is 12.1 Å². The van der Waals surface area contributed by atoms with E-state index in [-0.39, 0.29) is 5.91 Å². The number of rotatable bonds is 5. The van der Waals surface area contributed by atoms with Gasteiger partial charge in [0, 0.05) is 20.0 Å². The van der Waals surface area contributed by atoms with Gasteiger partial charge in [0.15, 0.2) is 0 Å². The number of hydrazine groups is 1. The van der Waals surface area contributed by atoms with Crippen LogP contribution in [0.25, 0.3) is 0 Å². The van der Waals surface area contributed by atoms with E-state index >= 15 is 0 Å². The molecule has 0 fully saturated rings. The topological polar surface area (TPSA) is 92.1 Å². The smallest absolute Gasteiger partial charge is 0.221 e. The number of pyridine rings is 1. The van der Waals surface area contributed by atoms with Crippen LogP contribution in [0.1, 0.15) is 6.42 Å². The fraction of sp³-hybridized carbons (Fsp3) is 0.333. The van der Waals surface area contributed by atoms with Gasteiger partial charge in [0.25, 0.3) is 0 Å². The average Bonchev–Trinajstić information content (AvgIpc) is 2.29. The third-order valence-corrected chi connectivity index (χ3v) is 1.83. The number of carbonyl (C=O) groups is 1. The Labute approximate surface area is 88.2 Å². The first-order valence-corrected chi connectivity index (χ1v) is 4.64. The fourth-order valence-electron chi connectivity index (χ4n) is 1.04. The number of nitrogens with zero attached hydrogens (tertiary/aromatic N) is 1. The monoisotopic (exact) mass is 209 g/mol. The van der Waals surface area contributed by atoms with Gasteiger partial charge in [-0.05, 0) is 12.1 Å². The van der Waals surface area contributed by atoms with Gasteiger partial charge in [0.1, 0.15) is 11.6 Å². The summed E-state index contributed by atoms with van der Waals surface area (Å²) in [5.74, 6) is 6.48. The predicted octanol–water partition coefficient (Wildman–Crippen LogP) is -0.0848. The molecule has 0 aromatic carbocycles. The Bertz CT molecular complexity index is 328. The van der Waals surface area contributed by atoms with Gasteiger partial charge in [-0.1, -0.05) is 6.07 Å². The normalized spacial score (nSPS) is 9.47. The zero-order chi connectivity index (χ0) is 11.1. The minimum atomic E-state index is -0.00407. The van der Waals surface area contributed by atoms with Crippen molar-refractivity contribution in [1.29, 1.82) is 0 Å². The van der Waals surface area contributed by atoms with Gasteiger partial charge < -0.3 is 16.1 Å². The molecule has 0 unspecified atom stereocenters. The summed E-state index contributed by atoms with van der Waals surface area (Å²) in [5.41, 5.74) is 2.45. The number of hydrogen-bond donors (Lipinski definition) is 4. The van der Waals surface area contributed by atoms with Gasteiger partial charge >= 0.3 is 0 Å². The summed E-state index contributed by atoms with van der Waals surface area (Å²) in [7, 11) is 1.61. The van der Waals surface area contributed by atoms with Crippen molar-refractivity contribution < 1.29 is 4.79 Å². The molecular formula is C9H15N5O. The maximum Gasteiger partial charge on any atom is 0.221 e. The molecule has 6 nitrogen and oxygen atoms in total. The largest absolute Gasteiger partial charge is 0.369 e. The number of nitrogen functional groups attached to an aromatic ring is 1. The van der Waals surface area contributed by atoms with Crippen molar-refractivity contribution in [2.45, 2.75) is 6.42 Å².